The Labute approximate surface area is 402 Å². The maximum absolute atomic E-state index is 15.1. The van der Waals surface area contributed by atoms with Crippen molar-refractivity contribution in [1.29, 1.82) is 0 Å². The molecule has 4 aliphatic rings. The molecule has 2 aliphatic carbocycles. The van der Waals surface area contributed by atoms with E-state index < -0.39 is 67.9 Å². The molecule has 2 saturated carbocycles. The van der Waals surface area contributed by atoms with Crippen LogP contribution >= 0.6 is 11.3 Å². The van der Waals surface area contributed by atoms with E-state index in [0.29, 0.717) is 76.6 Å². The minimum absolute atomic E-state index is 0.0339. The number of pyridine rings is 1. The number of thiazole rings is 1. The molecule has 4 heterocycles. The number of carbonyl (C=O) groups is 4. The second-order valence-electron chi connectivity index (χ2n) is 20.1. The van der Waals surface area contributed by atoms with Crippen LogP contribution in [0.1, 0.15) is 117 Å². The van der Waals surface area contributed by atoms with Crippen molar-refractivity contribution < 1.29 is 41.8 Å². The van der Waals surface area contributed by atoms with Gasteiger partial charge in [0, 0.05) is 46.1 Å². The fourth-order valence-corrected chi connectivity index (χ4v) is 11.1. The quantitative estimate of drug-likeness (QED) is 0.105. The normalized spacial score (nSPS) is 24.4. The Balaban J connectivity index is 1.13. The average molecular weight is 970 g/mol. The number of nitrogens with one attached hydrogen (secondary N) is 4. The van der Waals surface area contributed by atoms with Gasteiger partial charge in [-0.15, -0.1) is 11.3 Å². The van der Waals surface area contributed by atoms with Crippen LogP contribution in [0.4, 0.5) is 16.2 Å². The van der Waals surface area contributed by atoms with E-state index in [0.717, 1.165) is 24.1 Å². The highest BCUT2D eigenvalue weighted by Gasteiger charge is 2.63. The van der Waals surface area contributed by atoms with E-state index in [1.165, 1.54) is 16.2 Å². The molecule has 0 bridgehead atoms. The number of rotatable bonds is 11. The highest BCUT2D eigenvalue weighted by molar-refractivity contribution is 7.91. The molecule has 2 aliphatic heterocycles. The number of ether oxygens (including phenoxy) is 3. The SMILES string of the molecule is COc1ccc2c(O[C@@H]3C[C@H]4C(=O)N[C@]5(C(=O)NS(=O)(=O)C6(C)CC6)C[C@H]5/C=C\CCCCC[C@H](Nc5ccc(NC(=O)OC(C)(C)C)cc5)C(=O)N4C3)cc(-c3nc(C(C)C)cs3)nc2c1C. The lowest BCUT2D eigenvalue weighted by molar-refractivity contribution is -0.140. The van der Waals surface area contributed by atoms with Crippen molar-refractivity contribution in [1.82, 2.24) is 24.9 Å². The van der Waals surface area contributed by atoms with Gasteiger partial charge in [0.2, 0.25) is 21.8 Å². The number of sulfonamides is 1. The monoisotopic (exact) mass is 969 g/mol. The summed E-state index contributed by atoms with van der Waals surface area (Å²) in [6.45, 7) is 13.1. The molecule has 4 aromatic rings. The van der Waals surface area contributed by atoms with Gasteiger partial charge in [0.05, 0.1) is 29.6 Å². The predicted molar refractivity (Wildman–Crippen MR) is 262 cm³/mol. The zero-order valence-electron chi connectivity index (χ0n) is 40.1. The minimum Gasteiger partial charge on any atom is -0.496 e. The first kappa shape index (κ1) is 48.7. The first-order chi connectivity index (χ1) is 32.2. The fourth-order valence-electron chi connectivity index (χ4n) is 8.87. The van der Waals surface area contributed by atoms with Crippen molar-refractivity contribution >= 4 is 67.5 Å². The third kappa shape index (κ3) is 10.5. The largest absolute Gasteiger partial charge is 0.496 e. The molecular formula is C50H63N7O9S2. The van der Waals surface area contributed by atoms with Gasteiger partial charge in [-0.1, -0.05) is 38.8 Å². The number of carbonyl (C=O) groups excluding carboxylic acids is 4. The number of benzene rings is 2. The molecule has 4 amide bonds. The molecule has 3 fully saturated rings. The van der Waals surface area contributed by atoms with Crippen molar-refractivity contribution in [2.45, 2.75) is 146 Å². The van der Waals surface area contributed by atoms with Crippen molar-refractivity contribution in [2.24, 2.45) is 5.92 Å². The summed E-state index contributed by atoms with van der Waals surface area (Å²) in [6.07, 6.45) is 7.27. The van der Waals surface area contributed by atoms with Crippen molar-refractivity contribution in [2.75, 3.05) is 24.3 Å². The number of nitrogens with zero attached hydrogens (tertiary/aromatic N) is 3. The molecule has 4 N–H and O–H groups in total. The standard InChI is InChI=1S/C50H63N7O9S2/c1-29(2)38-28-67-44(54-38)37-25-41(35-20-21-40(64-8)30(3)42(35)53-37)65-34-24-39-43(58)55-50(46(60)56-68(62,63)49(7)22-23-49)26-31(50)14-12-10-9-11-13-15-36(45(59)57(39)27-34)51-32-16-18-33(19-17-32)52-47(61)66-48(4,5)6/h12,14,16-21,25,28-29,31,34,36,39,51H,9-11,13,15,22-24,26-27H2,1-8H3,(H,52,61)(H,55,58)(H,56,60)/b14-12-/t31-,34-,36+,39+,50-/m1/s1. The number of aromatic nitrogens is 2. The van der Waals surface area contributed by atoms with E-state index in [4.69, 9.17) is 24.2 Å². The Bertz CT molecular complexity index is 2730. The molecule has 2 aromatic heterocycles. The summed E-state index contributed by atoms with van der Waals surface area (Å²) in [5, 5.41) is 12.6. The van der Waals surface area contributed by atoms with Gasteiger partial charge in [-0.2, -0.15) is 0 Å². The highest BCUT2D eigenvalue weighted by atomic mass is 32.2. The summed E-state index contributed by atoms with van der Waals surface area (Å²) in [4.78, 5) is 68.1. The van der Waals surface area contributed by atoms with Crippen LogP contribution in [0.25, 0.3) is 21.6 Å². The van der Waals surface area contributed by atoms with Crippen LogP contribution in [0.15, 0.2) is 60.0 Å². The Morgan fingerprint density at radius 2 is 1.74 bits per heavy atom. The van der Waals surface area contributed by atoms with E-state index in [9.17, 15) is 22.8 Å². The van der Waals surface area contributed by atoms with Gasteiger partial charge in [0.25, 0.3) is 5.91 Å². The van der Waals surface area contributed by atoms with Crippen molar-refractivity contribution in [3.8, 4) is 22.2 Å². The number of hydrogen-bond acceptors (Lipinski definition) is 13. The molecule has 0 spiro atoms. The van der Waals surface area contributed by atoms with Crippen LogP contribution in [-0.4, -0.2) is 94.8 Å². The number of anilines is 2. The number of hydrogen-bond donors (Lipinski definition) is 4. The van der Waals surface area contributed by atoms with Crippen LogP contribution in [0.3, 0.4) is 0 Å². The Morgan fingerprint density at radius 3 is 2.41 bits per heavy atom. The van der Waals surface area contributed by atoms with E-state index in [1.807, 2.05) is 42.7 Å². The summed E-state index contributed by atoms with van der Waals surface area (Å²) in [7, 11) is -2.41. The van der Waals surface area contributed by atoms with Crippen LogP contribution in [0, 0.1) is 12.8 Å². The third-order valence-corrected chi connectivity index (χ3v) is 16.4. The summed E-state index contributed by atoms with van der Waals surface area (Å²) in [6, 6.07) is 10.7. The Morgan fingerprint density at radius 1 is 1.00 bits per heavy atom. The molecule has 8 rings (SSSR count). The predicted octanol–water partition coefficient (Wildman–Crippen LogP) is 8.37. The lowest BCUT2D eigenvalue weighted by atomic mass is 10.0. The van der Waals surface area contributed by atoms with Crippen molar-refractivity contribution in [3.63, 3.8) is 0 Å². The van der Waals surface area contributed by atoms with E-state index in [2.05, 4.69) is 34.5 Å². The van der Waals surface area contributed by atoms with Gasteiger partial charge in [-0.25, -0.2) is 23.2 Å². The van der Waals surface area contributed by atoms with Crippen LogP contribution < -0.4 is 30.1 Å². The van der Waals surface area contributed by atoms with Gasteiger partial charge in [-0.05, 0) is 115 Å². The first-order valence-corrected chi connectivity index (χ1v) is 25.9. The molecule has 0 unspecified atom stereocenters. The number of methoxy groups -OCH3 is 1. The topological polar surface area (TPSA) is 207 Å². The maximum Gasteiger partial charge on any atom is 0.412 e. The van der Waals surface area contributed by atoms with Crippen LogP contribution in [0.2, 0.25) is 0 Å². The van der Waals surface area contributed by atoms with Gasteiger partial charge in [-0.3, -0.25) is 24.4 Å². The van der Waals surface area contributed by atoms with Gasteiger partial charge >= 0.3 is 6.09 Å². The maximum atomic E-state index is 15.1. The van der Waals surface area contributed by atoms with Crippen LogP contribution in [-0.2, 0) is 29.1 Å². The zero-order chi connectivity index (χ0) is 48.8. The Hall–Kier alpha value is -5.75. The Kier molecular flexibility index (Phi) is 13.6. The number of aryl methyl sites for hydroxylation is 1. The number of allylic oxidation sites excluding steroid dienone is 1. The highest BCUT2D eigenvalue weighted by Crippen LogP contribution is 2.48. The van der Waals surface area contributed by atoms with E-state index >= 15 is 4.79 Å². The molecule has 5 atom stereocenters. The minimum atomic E-state index is -4.02. The van der Waals surface area contributed by atoms with Crippen molar-refractivity contribution in [3.05, 3.63) is 71.3 Å². The smallest absolute Gasteiger partial charge is 0.412 e. The second-order valence-corrected chi connectivity index (χ2v) is 23.2. The molecule has 0 radical (unpaired) electrons. The molecule has 364 valence electrons. The summed E-state index contributed by atoms with van der Waals surface area (Å²) in [5.74, 6) is -0.779. The van der Waals surface area contributed by atoms with E-state index in [-0.39, 0.29) is 31.2 Å². The number of amides is 4. The zero-order valence-corrected chi connectivity index (χ0v) is 41.7. The second kappa shape index (κ2) is 19.0. The molecule has 16 nitrogen and oxygen atoms in total. The average Bonchev–Trinajstić information content (AvgIpc) is 4.05. The molecule has 18 heteroatoms. The lowest BCUT2D eigenvalue weighted by Crippen LogP contribution is -2.58. The summed E-state index contributed by atoms with van der Waals surface area (Å²) >= 11 is 1.49. The van der Waals surface area contributed by atoms with Gasteiger partial charge in [0.1, 0.15) is 51.5 Å². The molecule has 68 heavy (non-hydrogen) atoms. The summed E-state index contributed by atoms with van der Waals surface area (Å²) in [5.41, 5.74) is 1.95. The fraction of sp³-hybridized carbons (Fsp3) is 0.520. The van der Waals surface area contributed by atoms with Gasteiger partial charge < -0.3 is 29.7 Å². The number of fused-ring (bicyclic) bond motifs is 3. The third-order valence-electron chi connectivity index (χ3n) is 13.3. The summed E-state index contributed by atoms with van der Waals surface area (Å²) < 4.78 is 46.0. The van der Waals surface area contributed by atoms with Crippen LogP contribution in [0.5, 0.6) is 11.5 Å². The van der Waals surface area contributed by atoms with E-state index in [1.54, 1.807) is 59.1 Å². The lowest BCUT2D eigenvalue weighted by Gasteiger charge is -2.30. The molecule has 1 saturated heterocycles. The van der Waals surface area contributed by atoms with Gasteiger partial charge in [0.15, 0.2) is 0 Å². The first-order valence-electron chi connectivity index (χ1n) is 23.5. The molecular weight excluding hydrogens is 907 g/mol. The molecule has 2 aromatic carbocycles.